The molecule has 1 aliphatic heterocycles. The van der Waals surface area contributed by atoms with Crippen LogP contribution in [0.2, 0.25) is 0 Å². The summed E-state index contributed by atoms with van der Waals surface area (Å²) in [7, 11) is 4.17. The molecular formula is C20H26N2. The number of anilines is 1. The van der Waals surface area contributed by atoms with Crippen LogP contribution >= 0.6 is 0 Å². The molecule has 0 amide bonds. The maximum atomic E-state index is 3.82. The molecule has 1 heterocycles. The van der Waals surface area contributed by atoms with Crippen LogP contribution in [0.25, 0.3) is 0 Å². The number of hydrogen-bond donors (Lipinski definition) is 1. The van der Waals surface area contributed by atoms with Crippen LogP contribution in [0.5, 0.6) is 0 Å². The van der Waals surface area contributed by atoms with Gasteiger partial charge in [0.05, 0.1) is 0 Å². The van der Waals surface area contributed by atoms with Crippen molar-refractivity contribution in [2.45, 2.75) is 37.8 Å². The summed E-state index contributed by atoms with van der Waals surface area (Å²) in [5, 5.41) is 3.82. The minimum Gasteiger partial charge on any atom is -0.378 e. The summed E-state index contributed by atoms with van der Waals surface area (Å²) in [5.41, 5.74) is 4.19. The first-order valence-corrected chi connectivity index (χ1v) is 8.07. The van der Waals surface area contributed by atoms with E-state index in [9.17, 15) is 0 Å². The molecule has 2 atom stereocenters. The zero-order valence-electron chi connectivity index (χ0n) is 14.0. The molecule has 0 radical (unpaired) electrons. The maximum absolute atomic E-state index is 3.82. The van der Waals surface area contributed by atoms with Crippen LogP contribution in [0.1, 0.15) is 43.4 Å². The fourth-order valence-electron chi connectivity index (χ4n) is 3.60. The summed E-state index contributed by atoms with van der Waals surface area (Å²) in [4.78, 5) is 2.15. The lowest BCUT2D eigenvalue weighted by Gasteiger charge is -2.28. The third-order valence-electron chi connectivity index (χ3n) is 4.90. The third-order valence-corrected chi connectivity index (χ3v) is 4.90. The summed E-state index contributed by atoms with van der Waals surface area (Å²) >= 11 is 0. The predicted octanol–water partition coefficient (Wildman–Crippen LogP) is 4.35. The van der Waals surface area contributed by atoms with Gasteiger partial charge < -0.3 is 10.2 Å². The molecule has 0 aliphatic carbocycles. The molecule has 1 aliphatic rings. The van der Waals surface area contributed by atoms with Crippen molar-refractivity contribution in [2.24, 2.45) is 0 Å². The van der Waals surface area contributed by atoms with E-state index in [0.717, 1.165) is 6.42 Å². The Hall–Kier alpha value is -1.80. The van der Waals surface area contributed by atoms with Gasteiger partial charge >= 0.3 is 0 Å². The topological polar surface area (TPSA) is 15.3 Å². The zero-order chi connectivity index (χ0) is 15.7. The Morgan fingerprint density at radius 3 is 2.14 bits per heavy atom. The van der Waals surface area contributed by atoms with Crippen molar-refractivity contribution in [2.75, 3.05) is 19.0 Å². The third kappa shape index (κ3) is 2.89. The molecule has 22 heavy (non-hydrogen) atoms. The fraction of sp³-hybridized carbons (Fsp3) is 0.400. The summed E-state index contributed by atoms with van der Waals surface area (Å²) in [6.45, 7) is 4.64. The fourth-order valence-corrected chi connectivity index (χ4v) is 3.60. The highest BCUT2D eigenvalue weighted by Gasteiger charge is 2.40. The van der Waals surface area contributed by atoms with Gasteiger partial charge in [-0.05, 0) is 43.5 Å². The van der Waals surface area contributed by atoms with E-state index >= 15 is 0 Å². The molecule has 0 bridgehead atoms. The Morgan fingerprint density at radius 2 is 1.55 bits per heavy atom. The average molecular weight is 294 g/mol. The van der Waals surface area contributed by atoms with Crippen LogP contribution in [0.4, 0.5) is 5.69 Å². The van der Waals surface area contributed by atoms with E-state index in [-0.39, 0.29) is 5.54 Å². The summed E-state index contributed by atoms with van der Waals surface area (Å²) in [5.74, 6) is 0.536. The van der Waals surface area contributed by atoms with Gasteiger partial charge in [0, 0.05) is 37.3 Å². The van der Waals surface area contributed by atoms with Gasteiger partial charge in [-0.2, -0.15) is 0 Å². The first-order valence-electron chi connectivity index (χ1n) is 8.07. The van der Waals surface area contributed by atoms with Crippen LogP contribution in [0.3, 0.4) is 0 Å². The van der Waals surface area contributed by atoms with Crippen LogP contribution in [0, 0.1) is 0 Å². The van der Waals surface area contributed by atoms with E-state index in [4.69, 9.17) is 0 Å². The van der Waals surface area contributed by atoms with Gasteiger partial charge in [-0.15, -0.1) is 0 Å². The SMILES string of the molecule is CN(C)c1ccc([C@@H]2C[C@H](c3ccccc3)NC2(C)C)cc1. The molecule has 2 nitrogen and oxygen atoms in total. The van der Waals surface area contributed by atoms with Crippen molar-refractivity contribution in [1.82, 2.24) is 5.32 Å². The molecule has 1 saturated heterocycles. The van der Waals surface area contributed by atoms with E-state index in [0.29, 0.717) is 12.0 Å². The van der Waals surface area contributed by atoms with Gasteiger partial charge in [-0.1, -0.05) is 42.5 Å². The van der Waals surface area contributed by atoms with E-state index in [1.807, 2.05) is 0 Å². The van der Waals surface area contributed by atoms with Gasteiger partial charge in [0.25, 0.3) is 0 Å². The Kier molecular flexibility index (Phi) is 3.96. The lowest BCUT2D eigenvalue weighted by molar-refractivity contribution is 0.397. The minimum absolute atomic E-state index is 0.111. The second kappa shape index (κ2) is 5.77. The van der Waals surface area contributed by atoms with E-state index in [1.165, 1.54) is 16.8 Å². The molecule has 2 aromatic rings. The van der Waals surface area contributed by atoms with E-state index in [2.05, 4.69) is 92.8 Å². The Labute approximate surface area is 134 Å². The van der Waals surface area contributed by atoms with Crippen molar-refractivity contribution in [3.63, 3.8) is 0 Å². The van der Waals surface area contributed by atoms with Crippen molar-refractivity contribution in [1.29, 1.82) is 0 Å². The quantitative estimate of drug-likeness (QED) is 0.905. The lowest BCUT2D eigenvalue weighted by Crippen LogP contribution is -2.37. The molecule has 0 aromatic heterocycles. The molecule has 0 unspecified atom stereocenters. The normalized spacial score (nSPS) is 23.5. The van der Waals surface area contributed by atoms with Crippen molar-refractivity contribution >= 4 is 5.69 Å². The number of rotatable bonds is 3. The number of nitrogens with one attached hydrogen (secondary N) is 1. The van der Waals surface area contributed by atoms with Crippen LogP contribution in [-0.2, 0) is 0 Å². The van der Waals surface area contributed by atoms with Gasteiger partial charge in [0.2, 0.25) is 0 Å². The van der Waals surface area contributed by atoms with Crippen LogP contribution < -0.4 is 10.2 Å². The van der Waals surface area contributed by atoms with E-state index < -0.39 is 0 Å². The zero-order valence-corrected chi connectivity index (χ0v) is 14.0. The number of hydrogen-bond acceptors (Lipinski definition) is 2. The van der Waals surface area contributed by atoms with Gasteiger partial charge in [0.1, 0.15) is 0 Å². The van der Waals surface area contributed by atoms with Gasteiger partial charge in [-0.3, -0.25) is 0 Å². The molecule has 1 fully saturated rings. The Morgan fingerprint density at radius 1 is 0.909 bits per heavy atom. The number of nitrogens with zero attached hydrogens (tertiary/aromatic N) is 1. The smallest absolute Gasteiger partial charge is 0.0361 e. The average Bonchev–Trinajstić information content (AvgIpc) is 2.84. The van der Waals surface area contributed by atoms with Crippen LogP contribution in [0.15, 0.2) is 54.6 Å². The number of benzene rings is 2. The predicted molar refractivity (Wildman–Crippen MR) is 94.5 cm³/mol. The first kappa shape index (κ1) is 15.1. The highest BCUT2D eigenvalue weighted by Crippen LogP contribution is 2.43. The van der Waals surface area contributed by atoms with E-state index in [1.54, 1.807) is 0 Å². The van der Waals surface area contributed by atoms with Crippen LogP contribution in [-0.4, -0.2) is 19.6 Å². The summed E-state index contributed by atoms with van der Waals surface area (Å²) in [6.07, 6.45) is 1.15. The Balaban J connectivity index is 1.84. The highest BCUT2D eigenvalue weighted by molar-refractivity contribution is 5.47. The van der Waals surface area contributed by atoms with Crippen molar-refractivity contribution in [3.8, 4) is 0 Å². The largest absolute Gasteiger partial charge is 0.378 e. The molecular weight excluding hydrogens is 268 g/mol. The van der Waals surface area contributed by atoms with Crippen molar-refractivity contribution < 1.29 is 0 Å². The summed E-state index contributed by atoms with van der Waals surface area (Å²) in [6, 6.07) is 20.3. The second-order valence-corrected chi connectivity index (χ2v) is 7.10. The standard InChI is InChI=1S/C20H26N2/c1-20(2)18(15-10-12-17(13-11-15)22(3)4)14-19(21-20)16-8-6-5-7-9-16/h5-13,18-19,21H,14H2,1-4H3/t18-,19+/m0/s1. The first-order chi connectivity index (χ1) is 10.5. The highest BCUT2D eigenvalue weighted by atomic mass is 15.1. The minimum atomic E-state index is 0.111. The molecule has 116 valence electrons. The van der Waals surface area contributed by atoms with Gasteiger partial charge in [0.15, 0.2) is 0 Å². The van der Waals surface area contributed by atoms with Crippen molar-refractivity contribution in [3.05, 3.63) is 65.7 Å². The summed E-state index contributed by atoms with van der Waals surface area (Å²) < 4.78 is 0. The molecule has 2 heteroatoms. The lowest BCUT2D eigenvalue weighted by atomic mass is 9.82. The Bertz CT molecular complexity index is 614. The molecule has 3 rings (SSSR count). The maximum Gasteiger partial charge on any atom is 0.0361 e. The van der Waals surface area contributed by atoms with Gasteiger partial charge in [-0.25, -0.2) is 0 Å². The molecule has 0 spiro atoms. The molecule has 1 N–H and O–H groups in total. The second-order valence-electron chi connectivity index (χ2n) is 7.10. The molecule has 2 aromatic carbocycles. The monoisotopic (exact) mass is 294 g/mol. The molecule has 0 saturated carbocycles.